The number of hydrogen-bond donors (Lipinski definition) is 0. The Hall–Kier alpha value is -1.87. The summed E-state index contributed by atoms with van der Waals surface area (Å²) in [4.78, 5) is 3.21. The molecule has 1 saturated heterocycles. The highest BCUT2D eigenvalue weighted by atomic mass is 32.1. The van der Waals surface area contributed by atoms with E-state index in [4.69, 9.17) is 17.0 Å². The molecule has 0 radical (unpaired) electrons. The van der Waals surface area contributed by atoms with Crippen molar-refractivity contribution >= 4 is 17.2 Å². The predicted molar refractivity (Wildman–Crippen MR) is 85.5 cm³/mol. The molecule has 2 aromatic carbocycles. The van der Waals surface area contributed by atoms with E-state index in [1.54, 1.807) is 0 Å². The van der Waals surface area contributed by atoms with Gasteiger partial charge in [0.05, 0.1) is 0 Å². The van der Waals surface area contributed by atoms with E-state index in [1.807, 2.05) is 48.5 Å². The van der Waals surface area contributed by atoms with Gasteiger partial charge in [-0.05, 0) is 37.1 Å². The molecule has 1 aliphatic rings. The standard InChI is InChI=1S/C17H17NOS/c20-17(18-11-4-5-12-18)14-7-6-10-16(13-14)19-15-8-2-1-3-9-15/h1-3,6-10,13H,4-5,11-12H2. The van der Waals surface area contributed by atoms with Crippen molar-refractivity contribution in [3.8, 4) is 11.5 Å². The summed E-state index contributed by atoms with van der Waals surface area (Å²) in [5, 5.41) is 0. The van der Waals surface area contributed by atoms with Gasteiger partial charge in [0, 0.05) is 18.7 Å². The smallest absolute Gasteiger partial charge is 0.128 e. The Labute approximate surface area is 125 Å². The number of hydrogen-bond acceptors (Lipinski definition) is 2. The Morgan fingerprint density at radius 2 is 1.60 bits per heavy atom. The summed E-state index contributed by atoms with van der Waals surface area (Å²) in [5.74, 6) is 1.67. The summed E-state index contributed by atoms with van der Waals surface area (Å²) in [7, 11) is 0. The first-order valence-corrected chi connectivity index (χ1v) is 7.36. The molecule has 0 bridgehead atoms. The summed E-state index contributed by atoms with van der Waals surface area (Å²) in [6, 6.07) is 17.8. The van der Waals surface area contributed by atoms with Gasteiger partial charge in [0.15, 0.2) is 0 Å². The molecule has 2 aromatic rings. The second kappa shape index (κ2) is 6.06. The van der Waals surface area contributed by atoms with Gasteiger partial charge in [-0.3, -0.25) is 0 Å². The van der Waals surface area contributed by atoms with Crippen molar-refractivity contribution in [3.63, 3.8) is 0 Å². The Balaban J connectivity index is 1.77. The molecule has 0 spiro atoms. The third-order valence-electron chi connectivity index (χ3n) is 3.45. The van der Waals surface area contributed by atoms with Crippen LogP contribution in [-0.2, 0) is 0 Å². The van der Waals surface area contributed by atoms with E-state index in [9.17, 15) is 0 Å². The van der Waals surface area contributed by atoms with Crippen LogP contribution in [0.5, 0.6) is 11.5 Å². The van der Waals surface area contributed by atoms with Gasteiger partial charge in [-0.15, -0.1) is 0 Å². The summed E-state index contributed by atoms with van der Waals surface area (Å²) < 4.78 is 5.85. The average Bonchev–Trinajstić information content (AvgIpc) is 3.02. The Kier molecular flexibility index (Phi) is 3.97. The molecule has 0 atom stereocenters. The van der Waals surface area contributed by atoms with Crippen molar-refractivity contribution in [1.29, 1.82) is 0 Å². The third kappa shape index (κ3) is 2.99. The van der Waals surface area contributed by atoms with Gasteiger partial charge in [0.1, 0.15) is 16.5 Å². The average molecular weight is 283 g/mol. The maximum Gasteiger partial charge on any atom is 0.128 e. The van der Waals surface area contributed by atoms with Gasteiger partial charge in [0.25, 0.3) is 0 Å². The van der Waals surface area contributed by atoms with E-state index in [1.165, 1.54) is 12.8 Å². The van der Waals surface area contributed by atoms with Crippen LogP contribution in [0.1, 0.15) is 18.4 Å². The fraction of sp³-hybridized carbons (Fsp3) is 0.235. The topological polar surface area (TPSA) is 12.5 Å². The van der Waals surface area contributed by atoms with Crippen molar-refractivity contribution in [1.82, 2.24) is 4.90 Å². The highest BCUT2D eigenvalue weighted by molar-refractivity contribution is 7.80. The molecule has 0 aromatic heterocycles. The van der Waals surface area contributed by atoms with Gasteiger partial charge < -0.3 is 9.64 Å². The summed E-state index contributed by atoms with van der Waals surface area (Å²) in [5.41, 5.74) is 1.07. The Morgan fingerprint density at radius 3 is 2.35 bits per heavy atom. The van der Waals surface area contributed by atoms with Crippen LogP contribution in [0, 0.1) is 0 Å². The number of nitrogens with zero attached hydrogens (tertiary/aromatic N) is 1. The second-order valence-corrected chi connectivity index (χ2v) is 5.33. The zero-order valence-electron chi connectivity index (χ0n) is 11.3. The van der Waals surface area contributed by atoms with Crippen LogP contribution >= 0.6 is 12.2 Å². The molecular weight excluding hydrogens is 266 g/mol. The van der Waals surface area contributed by atoms with Crippen LogP contribution in [0.25, 0.3) is 0 Å². The number of thiocarbonyl (C=S) groups is 1. The SMILES string of the molecule is S=C(c1cccc(Oc2ccccc2)c1)N1CCCC1. The van der Waals surface area contributed by atoms with Crippen molar-refractivity contribution in [2.24, 2.45) is 0 Å². The van der Waals surface area contributed by atoms with E-state index < -0.39 is 0 Å². The molecule has 1 aliphatic heterocycles. The minimum atomic E-state index is 0.829. The van der Waals surface area contributed by atoms with Crippen molar-refractivity contribution in [3.05, 3.63) is 60.2 Å². The van der Waals surface area contributed by atoms with Gasteiger partial charge in [-0.1, -0.05) is 42.5 Å². The van der Waals surface area contributed by atoms with Crippen LogP contribution < -0.4 is 4.74 Å². The zero-order valence-corrected chi connectivity index (χ0v) is 12.1. The van der Waals surface area contributed by atoms with Gasteiger partial charge >= 0.3 is 0 Å². The fourth-order valence-electron chi connectivity index (χ4n) is 2.42. The molecule has 102 valence electrons. The predicted octanol–water partition coefficient (Wildman–Crippen LogP) is 4.25. The lowest BCUT2D eigenvalue weighted by Gasteiger charge is -2.19. The summed E-state index contributed by atoms with van der Waals surface area (Å²) in [6.45, 7) is 2.14. The molecule has 3 heteroatoms. The number of rotatable bonds is 3. The largest absolute Gasteiger partial charge is 0.457 e. The number of ether oxygens (including phenoxy) is 1. The lowest BCUT2D eigenvalue weighted by Crippen LogP contribution is -2.26. The molecule has 20 heavy (non-hydrogen) atoms. The number of benzene rings is 2. The van der Waals surface area contributed by atoms with E-state index >= 15 is 0 Å². The van der Waals surface area contributed by atoms with Crippen molar-refractivity contribution < 1.29 is 4.74 Å². The summed E-state index contributed by atoms with van der Waals surface area (Å²) in [6.07, 6.45) is 2.47. The first kappa shape index (κ1) is 13.1. The zero-order chi connectivity index (χ0) is 13.8. The maximum absolute atomic E-state index is 5.85. The normalized spacial score (nSPS) is 14.3. The Morgan fingerprint density at radius 1 is 0.900 bits per heavy atom. The maximum atomic E-state index is 5.85. The lowest BCUT2D eigenvalue weighted by molar-refractivity contribution is 0.482. The van der Waals surface area contributed by atoms with Crippen molar-refractivity contribution in [2.45, 2.75) is 12.8 Å². The summed E-state index contributed by atoms with van der Waals surface area (Å²) >= 11 is 5.57. The molecule has 0 amide bonds. The molecule has 1 heterocycles. The van der Waals surface area contributed by atoms with Crippen LogP contribution in [0.3, 0.4) is 0 Å². The highest BCUT2D eigenvalue weighted by Gasteiger charge is 2.16. The first-order valence-electron chi connectivity index (χ1n) is 6.95. The van der Waals surface area contributed by atoms with Crippen LogP contribution in [0.4, 0.5) is 0 Å². The Bertz CT molecular complexity index is 591. The van der Waals surface area contributed by atoms with E-state index in [2.05, 4.69) is 11.0 Å². The van der Waals surface area contributed by atoms with Gasteiger partial charge in [0.2, 0.25) is 0 Å². The molecule has 1 fully saturated rings. The molecule has 2 nitrogen and oxygen atoms in total. The molecule has 0 aliphatic carbocycles. The minimum absolute atomic E-state index is 0.829. The van der Waals surface area contributed by atoms with Crippen LogP contribution in [-0.4, -0.2) is 23.0 Å². The molecule has 0 N–H and O–H groups in total. The van der Waals surface area contributed by atoms with Crippen LogP contribution in [0.15, 0.2) is 54.6 Å². The monoisotopic (exact) mass is 283 g/mol. The van der Waals surface area contributed by atoms with E-state index in [0.717, 1.165) is 35.1 Å². The van der Waals surface area contributed by atoms with Crippen molar-refractivity contribution in [2.75, 3.05) is 13.1 Å². The molecule has 0 unspecified atom stereocenters. The first-order chi connectivity index (χ1) is 9.83. The van der Waals surface area contributed by atoms with Crippen LogP contribution in [0.2, 0.25) is 0 Å². The number of likely N-dealkylation sites (tertiary alicyclic amines) is 1. The quantitative estimate of drug-likeness (QED) is 0.781. The molecule has 3 rings (SSSR count). The van der Waals surface area contributed by atoms with E-state index in [0.29, 0.717) is 0 Å². The second-order valence-electron chi connectivity index (χ2n) is 4.94. The van der Waals surface area contributed by atoms with E-state index in [-0.39, 0.29) is 0 Å². The minimum Gasteiger partial charge on any atom is -0.457 e. The number of para-hydroxylation sites is 1. The lowest BCUT2D eigenvalue weighted by atomic mass is 10.2. The fourth-order valence-corrected chi connectivity index (χ4v) is 2.73. The van der Waals surface area contributed by atoms with Gasteiger partial charge in [-0.25, -0.2) is 0 Å². The third-order valence-corrected chi connectivity index (χ3v) is 3.95. The molecular formula is C17H17NOS. The highest BCUT2D eigenvalue weighted by Crippen LogP contribution is 2.23. The van der Waals surface area contributed by atoms with Gasteiger partial charge in [-0.2, -0.15) is 0 Å². The molecule has 0 saturated carbocycles.